The predicted molar refractivity (Wildman–Crippen MR) is 90.9 cm³/mol. The minimum atomic E-state index is -3.03. The van der Waals surface area contributed by atoms with Gasteiger partial charge in [0.05, 0.1) is 35.5 Å². The number of amides is 1. The highest BCUT2D eigenvalue weighted by molar-refractivity contribution is 7.09. The van der Waals surface area contributed by atoms with Crippen molar-refractivity contribution in [3.63, 3.8) is 0 Å². The molecule has 0 fully saturated rings. The Kier molecular flexibility index (Phi) is 6.65. The average molecular weight is 390 g/mol. The van der Waals surface area contributed by atoms with E-state index in [4.69, 9.17) is 16.3 Å². The van der Waals surface area contributed by atoms with Crippen LogP contribution in [0, 0.1) is 6.92 Å². The van der Waals surface area contributed by atoms with Crippen molar-refractivity contribution >= 4 is 35.1 Å². The Hall–Kier alpha value is -2.26. The highest BCUT2D eigenvalue weighted by Gasteiger charge is 2.15. The summed E-state index contributed by atoms with van der Waals surface area (Å²) in [6.45, 7) is -1.18. The summed E-state index contributed by atoms with van der Waals surface area (Å²) in [6, 6.07) is 2.77. The minimum absolute atomic E-state index is 0.0264. The SMILES string of the molecule is COc1cc(/C=N\NC(=O)Cc2csc(C)n2)cc(Cl)c1OC(F)F. The highest BCUT2D eigenvalue weighted by atomic mass is 35.5. The molecule has 0 unspecified atom stereocenters. The van der Waals surface area contributed by atoms with E-state index < -0.39 is 6.61 Å². The third-order valence-corrected chi connectivity index (χ3v) is 3.97. The molecule has 2 aromatic rings. The van der Waals surface area contributed by atoms with Crippen LogP contribution in [-0.2, 0) is 11.2 Å². The van der Waals surface area contributed by atoms with Crippen molar-refractivity contribution in [3.8, 4) is 11.5 Å². The topological polar surface area (TPSA) is 72.8 Å². The van der Waals surface area contributed by atoms with Crippen LogP contribution in [0.5, 0.6) is 11.5 Å². The number of aromatic nitrogens is 1. The fourth-order valence-electron chi connectivity index (χ4n) is 1.89. The quantitative estimate of drug-likeness (QED) is 0.581. The van der Waals surface area contributed by atoms with E-state index in [-0.39, 0.29) is 28.8 Å². The van der Waals surface area contributed by atoms with Crippen molar-refractivity contribution in [2.75, 3.05) is 7.11 Å². The number of nitrogens with zero attached hydrogens (tertiary/aromatic N) is 2. The summed E-state index contributed by atoms with van der Waals surface area (Å²) in [5, 5.41) is 6.41. The molecule has 1 heterocycles. The predicted octanol–water partition coefficient (Wildman–Crippen LogP) is 3.41. The van der Waals surface area contributed by atoms with E-state index in [1.54, 1.807) is 5.38 Å². The molecule has 0 saturated carbocycles. The van der Waals surface area contributed by atoms with E-state index in [0.29, 0.717) is 11.3 Å². The zero-order chi connectivity index (χ0) is 18.4. The van der Waals surface area contributed by atoms with E-state index in [1.165, 1.54) is 36.8 Å². The number of alkyl halides is 2. The summed E-state index contributed by atoms with van der Waals surface area (Å²) in [4.78, 5) is 15.9. The summed E-state index contributed by atoms with van der Waals surface area (Å²) in [7, 11) is 1.29. The molecule has 0 spiro atoms. The number of carbonyl (C=O) groups is 1. The van der Waals surface area contributed by atoms with Gasteiger partial charge >= 0.3 is 6.61 Å². The maximum absolute atomic E-state index is 12.4. The summed E-state index contributed by atoms with van der Waals surface area (Å²) < 4.78 is 34.0. The maximum Gasteiger partial charge on any atom is 0.387 e. The normalized spacial score (nSPS) is 11.1. The van der Waals surface area contributed by atoms with Gasteiger partial charge in [0.25, 0.3) is 0 Å². The number of hydrogen-bond donors (Lipinski definition) is 1. The molecule has 1 aromatic heterocycles. The molecule has 1 aromatic carbocycles. The molecule has 1 amide bonds. The third-order valence-electron chi connectivity index (χ3n) is 2.87. The molecule has 0 aliphatic carbocycles. The van der Waals surface area contributed by atoms with Crippen molar-refractivity contribution in [2.24, 2.45) is 5.10 Å². The Morgan fingerprint density at radius 1 is 1.52 bits per heavy atom. The number of benzene rings is 1. The van der Waals surface area contributed by atoms with Crippen LogP contribution in [0.4, 0.5) is 8.78 Å². The molecule has 0 atom stereocenters. The van der Waals surface area contributed by atoms with E-state index in [1.807, 2.05) is 6.92 Å². The first kappa shape index (κ1) is 19.1. The van der Waals surface area contributed by atoms with Gasteiger partial charge in [-0.3, -0.25) is 4.79 Å². The van der Waals surface area contributed by atoms with E-state index >= 15 is 0 Å². The lowest BCUT2D eigenvalue weighted by atomic mass is 10.2. The molecule has 0 saturated heterocycles. The van der Waals surface area contributed by atoms with Gasteiger partial charge in [-0.25, -0.2) is 10.4 Å². The Bertz CT molecular complexity index is 783. The van der Waals surface area contributed by atoms with Crippen molar-refractivity contribution in [3.05, 3.63) is 38.8 Å². The number of thiazole rings is 1. The first-order valence-electron chi connectivity index (χ1n) is 6.94. The Morgan fingerprint density at radius 2 is 2.28 bits per heavy atom. The first-order chi connectivity index (χ1) is 11.9. The molecule has 0 bridgehead atoms. The van der Waals surface area contributed by atoms with Crippen LogP contribution in [0.1, 0.15) is 16.3 Å². The third kappa shape index (κ3) is 5.64. The first-order valence-corrected chi connectivity index (χ1v) is 8.20. The van der Waals surface area contributed by atoms with Crippen LogP contribution in [0.2, 0.25) is 5.02 Å². The van der Waals surface area contributed by atoms with Gasteiger partial charge in [0, 0.05) is 5.38 Å². The fraction of sp³-hybridized carbons (Fsp3) is 0.267. The Balaban J connectivity index is 2.02. The number of carbonyl (C=O) groups excluding carboxylic acids is 1. The van der Waals surface area contributed by atoms with Crippen LogP contribution >= 0.6 is 22.9 Å². The molecule has 1 N–H and O–H groups in total. The average Bonchev–Trinajstić information content (AvgIpc) is 2.94. The van der Waals surface area contributed by atoms with Crippen molar-refractivity contribution in [1.82, 2.24) is 10.4 Å². The van der Waals surface area contributed by atoms with Gasteiger partial charge in [-0.1, -0.05) is 11.6 Å². The lowest BCUT2D eigenvalue weighted by Gasteiger charge is -2.12. The number of halogens is 3. The summed E-state index contributed by atoms with van der Waals surface area (Å²) in [5.74, 6) is -0.574. The Morgan fingerprint density at radius 3 is 2.88 bits per heavy atom. The summed E-state index contributed by atoms with van der Waals surface area (Å²) in [5.41, 5.74) is 3.45. The molecule has 0 radical (unpaired) electrons. The van der Waals surface area contributed by atoms with Gasteiger partial charge in [-0.15, -0.1) is 11.3 Å². The molecule has 2 rings (SSSR count). The van der Waals surface area contributed by atoms with Gasteiger partial charge in [0.2, 0.25) is 5.91 Å². The molecule has 6 nitrogen and oxygen atoms in total. The van der Waals surface area contributed by atoms with Gasteiger partial charge in [-0.05, 0) is 24.6 Å². The van der Waals surface area contributed by atoms with Crippen molar-refractivity contribution < 1.29 is 23.0 Å². The molecule has 0 aliphatic rings. The largest absolute Gasteiger partial charge is 0.493 e. The second-order valence-corrected chi connectivity index (χ2v) is 6.21. The molecule has 10 heteroatoms. The second-order valence-electron chi connectivity index (χ2n) is 4.74. The minimum Gasteiger partial charge on any atom is -0.493 e. The van der Waals surface area contributed by atoms with Crippen LogP contribution in [-0.4, -0.2) is 30.8 Å². The van der Waals surface area contributed by atoms with Gasteiger partial charge < -0.3 is 9.47 Å². The highest BCUT2D eigenvalue weighted by Crippen LogP contribution is 2.37. The number of hydrazone groups is 1. The van der Waals surface area contributed by atoms with E-state index in [0.717, 1.165) is 5.01 Å². The molecule has 134 valence electrons. The molecular formula is C15H14ClF2N3O3S. The van der Waals surface area contributed by atoms with Gasteiger partial charge in [0.15, 0.2) is 11.5 Å². The van der Waals surface area contributed by atoms with Gasteiger partial charge in [0.1, 0.15) is 0 Å². The zero-order valence-corrected chi connectivity index (χ0v) is 14.8. The van der Waals surface area contributed by atoms with Crippen molar-refractivity contribution in [1.29, 1.82) is 0 Å². The van der Waals surface area contributed by atoms with Crippen LogP contribution < -0.4 is 14.9 Å². The van der Waals surface area contributed by atoms with E-state index in [9.17, 15) is 13.6 Å². The maximum atomic E-state index is 12.4. The number of hydrogen-bond acceptors (Lipinski definition) is 6. The Labute approximate surface area is 151 Å². The van der Waals surface area contributed by atoms with Crippen LogP contribution in [0.25, 0.3) is 0 Å². The number of nitrogens with one attached hydrogen (secondary N) is 1. The lowest BCUT2D eigenvalue weighted by molar-refractivity contribution is -0.120. The number of aryl methyl sites for hydroxylation is 1. The number of rotatable bonds is 7. The van der Waals surface area contributed by atoms with Crippen LogP contribution in [0.3, 0.4) is 0 Å². The number of methoxy groups -OCH3 is 1. The summed E-state index contributed by atoms with van der Waals surface area (Å²) in [6.07, 6.45) is 1.41. The molecule has 25 heavy (non-hydrogen) atoms. The van der Waals surface area contributed by atoms with Crippen LogP contribution in [0.15, 0.2) is 22.6 Å². The molecule has 0 aliphatic heterocycles. The summed E-state index contributed by atoms with van der Waals surface area (Å²) >= 11 is 7.37. The lowest BCUT2D eigenvalue weighted by Crippen LogP contribution is -2.19. The smallest absolute Gasteiger partial charge is 0.387 e. The molecular weight excluding hydrogens is 376 g/mol. The fourth-order valence-corrected chi connectivity index (χ4v) is 2.77. The standard InChI is InChI=1S/C15H14ClF2N3O3S/c1-8-20-10(7-25-8)5-13(22)21-19-6-9-3-11(16)14(24-15(17)18)12(4-9)23-2/h3-4,6-7,15H,5H2,1-2H3,(H,21,22)/b19-6-. The number of ether oxygens (including phenoxy) is 2. The van der Waals surface area contributed by atoms with Gasteiger partial charge in [-0.2, -0.15) is 13.9 Å². The van der Waals surface area contributed by atoms with E-state index in [2.05, 4.69) is 20.2 Å². The van der Waals surface area contributed by atoms with Crippen molar-refractivity contribution in [2.45, 2.75) is 20.0 Å². The second kappa shape index (κ2) is 8.72. The zero-order valence-electron chi connectivity index (χ0n) is 13.3. The monoisotopic (exact) mass is 389 g/mol.